The van der Waals surface area contributed by atoms with Gasteiger partial charge in [-0.25, -0.2) is 0 Å². The van der Waals surface area contributed by atoms with Crippen LogP contribution in [0, 0.1) is 0 Å². The van der Waals surface area contributed by atoms with E-state index in [0.29, 0.717) is 15.6 Å². The highest BCUT2D eigenvalue weighted by molar-refractivity contribution is 6.35. The highest BCUT2D eigenvalue weighted by atomic mass is 35.5. The lowest BCUT2D eigenvalue weighted by Crippen LogP contribution is -2.08. The Morgan fingerprint density at radius 1 is 1.26 bits per heavy atom. The predicted octanol–water partition coefficient (Wildman–Crippen LogP) is 3.02. The van der Waals surface area contributed by atoms with E-state index in [-0.39, 0.29) is 30.2 Å². The Morgan fingerprint density at radius 2 is 1.95 bits per heavy atom. The minimum absolute atomic E-state index is 0.0354. The van der Waals surface area contributed by atoms with Gasteiger partial charge in [-0.2, -0.15) is 0 Å². The first-order chi connectivity index (χ1) is 9.11. The average molecular weight is 301 g/mol. The smallest absolute Gasteiger partial charge is 0.227 e. The van der Waals surface area contributed by atoms with Gasteiger partial charge in [0.05, 0.1) is 0 Å². The van der Waals surface area contributed by atoms with Crippen molar-refractivity contribution in [2.24, 2.45) is 0 Å². The summed E-state index contributed by atoms with van der Waals surface area (Å²) in [4.78, 5) is 11.6. The standard InChI is InChI=1S/C13H10Cl2O4/c14-10-2-1-3-11(15)9(10)6-19-13-7-18-8(5-16)4-12(13)17/h1-4,7,16H,5-6H2. The van der Waals surface area contributed by atoms with Crippen molar-refractivity contribution in [3.63, 3.8) is 0 Å². The third-order valence-corrected chi connectivity index (χ3v) is 3.15. The molecule has 1 aromatic carbocycles. The maximum atomic E-state index is 11.6. The summed E-state index contributed by atoms with van der Waals surface area (Å²) >= 11 is 12.0. The van der Waals surface area contributed by atoms with Crippen molar-refractivity contribution in [1.29, 1.82) is 0 Å². The van der Waals surface area contributed by atoms with Crippen molar-refractivity contribution >= 4 is 23.2 Å². The van der Waals surface area contributed by atoms with Crippen molar-refractivity contribution in [3.8, 4) is 5.75 Å². The molecule has 0 saturated carbocycles. The Kier molecular flexibility index (Phi) is 4.47. The molecule has 0 radical (unpaired) electrons. The number of hydrogen-bond acceptors (Lipinski definition) is 4. The molecule has 0 unspecified atom stereocenters. The molecule has 1 N–H and O–H groups in total. The quantitative estimate of drug-likeness (QED) is 0.943. The van der Waals surface area contributed by atoms with Crippen LogP contribution in [0.1, 0.15) is 11.3 Å². The zero-order valence-electron chi connectivity index (χ0n) is 9.73. The topological polar surface area (TPSA) is 59.7 Å². The minimum atomic E-state index is -0.376. The zero-order valence-corrected chi connectivity index (χ0v) is 11.2. The molecule has 1 heterocycles. The maximum absolute atomic E-state index is 11.6. The first-order valence-corrected chi connectivity index (χ1v) is 6.15. The minimum Gasteiger partial charge on any atom is -0.482 e. The van der Waals surface area contributed by atoms with Gasteiger partial charge in [-0.3, -0.25) is 4.79 Å². The Hall–Kier alpha value is -1.49. The van der Waals surface area contributed by atoms with Gasteiger partial charge in [-0.1, -0.05) is 29.3 Å². The summed E-state index contributed by atoms with van der Waals surface area (Å²) in [5.74, 6) is 0.210. The Labute approximate surface area is 119 Å². The van der Waals surface area contributed by atoms with Gasteiger partial charge in [0.2, 0.25) is 11.2 Å². The molecule has 0 spiro atoms. The molecular formula is C13H10Cl2O4. The van der Waals surface area contributed by atoms with Crippen LogP contribution >= 0.6 is 23.2 Å². The summed E-state index contributed by atoms with van der Waals surface area (Å²) in [5.41, 5.74) is 0.218. The molecule has 0 aliphatic carbocycles. The van der Waals surface area contributed by atoms with E-state index in [9.17, 15) is 4.79 Å². The molecule has 0 amide bonds. The molecule has 0 saturated heterocycles. The van der Waals surface area contributed by atoms with Crippen LogP contribution in [-0.4, -0.2) is 5.11 Å². The van der Waals surface area contributed by atoms with E-state index in [0.717, 1.165) is 6.26 Å². The molecule has 0 atom stereocenters. The molecule has 19 heavy (non-hydrogen) atoms. The van der Waals surface area contributed by atoms with Crippen LogP contribution < -0.4 is 10.2 Å². The maximum Gasteiger partial charge on any atom is 0.227 e. The normalized spacial score (nSPS) is 10.5. The lowest BCUT2D eigenvalue weighted by Gasteiger charge is -2.08. The Morgan fingerprint density at radius 3 is 2.53 bits per heavy atom. The number of benzene rings is 1. The lowest BCUT2D eigenvalue weighted by molar-refractivity contribution is 0.236. The van der Waals surface area contributed by atoms with Crippen LogP contribution in [0.4, 0.5) is 0 Å². The highest BCUT2D eigenvalue weighted by Crippen LogP contribution is 2.25. The number of halogens is 2. The summed E-state index contributed by atoms with van der Waals surface area (Å²) in [6, 6.07) is 6.26. The van der Waals surface area contributed by atoms with E-state index in [1.54, 1.807) is 18.2 Å². The van der Waals surface area contributed by atoms with E-state index < -0.39 is 0 Å². The number of hydrogen-bond donors (Lipinski definition) is 1. The Balaban J connectivity index is 2.17. The largest absolute Gasteiger partial charge is 0.482 e. The van der Waals surface area contributed by atoms with Crippen molar-refractivity contribution in [2.45, 2.75) is 13.2 Å². The second kappa shape index (κ2) is 6.10. The molecule has 2 aromatic rings. The Bertz CT molecular complexity index is 617. The third kappa shape index (κ3) is 3.29. The van der Waals surface area contributed by atoms with E-state index in [1.807, 2.05) is 0 Å². The summed E-state index contributed by atoms with van der Waals surface area (Å²) in [6.07, 6.45) is 1.15. The zero-order chi connectivity index (χ0) is 13.8. The third-order valence-electron chi connectivity index (χ3n) is 2.44. The fourth-order valence-electron chi connectivity index (χ4n) is 1.45. The van der Waals surface area contributed by atoms with Crippen molar-refractivity contribution < 1.29 is 14.3 Å². The monoisotopic (exact) mass is 300 g/mol. The molecule has 4 nitrogen and oxygen atoms in total. The van der Waals surface area contributed by atoms with E-state index >= 15 is 0 Å². The summed E-state index contributed by atoms with van der Waals surface area (Å²) in [6.45, 7) is -0.284. The number of ether oxygens (including phenoxy) is 1. The fraction of sp³-hybridized carbons (Fsp3) is 0.154. The highest BCUT2D eigenvalue weighted by Gasteiger charge is 2.09. The van der Waals surface area contributed by atoms with E-state index in [1.165, 1.54) is 6.07 Å². The molecular weight excluding hydrogens is 291 g/mol. The molecule has 0 bridgehead atoms. The van der Waals surface area contributed by atoms with Gasteiger partial charge in [-0.05, 0) is 12.1 Å². The van der Waals surface area contributed by atoms with Crippen LogP contribution in [0.25, 0.3) is 0 Å². The van der Waals surface area contributed by atoms with E-state index in [2.05, 4.69) is 0 Å². The summed E-state index contributed by atoms with van der Waals surface area (Å²) in [5, 5.41) is 9.75. The van der Waals surface area contributed by atoms with Crippen LogP contribution in [-0.2, 0) is 13.2 Å². The van der Waals surface area contributed by atoms with Crippen molar-refractivity contribution in [1.82, 2.24) is 0 Å². The first kappa shape index (κ1) is 13.9. The number of aliphatic hydroxyl groups is 1. The predicted molar refractivity (Wildman–Crippen MR) is 71.7 cm³/mol. The van der Waals surface area contributed by atoms with Crippen LogP contribution in [0.2, 0.25) is 10.0 Å². The summed E-state index contributed by atoms with van der Waals surface area (Å²) in [7, 11) is 0. The van der Waals surface area contributed by atoms with Gasteiger partial charge in [0.1, 0.15) is 25.2 Å². The SMILES string of the molecule is O=c1cc(CO)occ1OCc1c(Cl)cccc1Cl. The van der Waals surface area contributed by atoms with Crippen molar-refractivity contribution in [3.05, 3.63) is 62.1 Å². The molecule has 2 rings (SSSR count). The van der Waals surface area contributed by atoms with Gasteiger partial charge >= 0.3 is 0 Å². The second-order valence-electron chi connectivity index (χ2n) is 3.72. The van der Waals surface area contributed by atoms with Gasteiger partial charge < -0.3 is 14.3 Å². The van der Waals surface area contributed by atoms with Crippen LogP contribution in [0.5, 0.6) is 5.75 Å². The van der Waals surface area contributed by atoms with Gasteiger partial charge in [0.25, 0.3) is 0 Å². The number of rotatable bonds is 4. The molecule has 6 heteroatoms. The van der Waals surface area contributed by atoms with Gasteiger partial charge in [-0.15, -0.1) is 0 Å². The average Bonchev–Trinajstić information content (AvgIpc) is 2.39. The van der Waals surface area contributed by atoms with E-state index in [4.69, 9.17) is 37.5 Å². The fourth-order valence-corrected chi connectivity index (χ4v) is 1.95. The van der Waals surface area contributed by atoms with Gasteiger partial charge in [0.15, 0.2) is 0 Å². The molecule has 100 valence electrons. The molecule has 0 fully saturated rings. The number of aliphatic hydroxyl groups excluding tert-OH is 1. The molecule has 1 aromatic heterocycles. The van der Waals surface area contributed by atoms with Crippen LogP contribution in [0.15, 0.2) is 39.7 Å². The molecule has 0 aliphatic heterocycles. The lowest BCUT2D eigenvalue weighted by atomic mass is 10.2. The van der Waals surface area contributed by atoms with Crippen LogP contribution in [0.3, 0.4) is 0 Å². The van der Waals surface area contributed by atoms with Gasteiger partial charge in [0, 0.05) is 21.7 Å². The molecule has 0 aliphatic rings. The first-order valence-electron chi connectivity index (χ1n) is 5.40. The van der Waals surface area contributed by atoms with Crippen molar-refractivity contribution in [2.75, 3.05) is 0 Å². The second-order valence-corrected chi connectivity index (χ2v) is 4.54. The summed E-state index contributed by atoms with van der Waals surface area (Å²) < 4.78 is 10.3.